The molecule has 1 aliphatic carbocycles. The first-order valence-corrected chi connectivity index (χ1v) is 13.2. The Morgan fingerprint density at radius 1 is 1.05 bits per heavy atom. The van der Waals surface area contributed by atoms with Crippen molar-refractivity contribution in [2.75, 3.05) is 38.8 Å². The Morgan fingerprint density at radius 2 is 1.74 bits per heavy atom. The molecule has 1 saturated carbocycles. The Labute approximate surface area is 222 Å². The minimum atomic E-state index is -0.683. The molecule has 2 aromatic rings. The van der Waals surface area contributed by atoms with E-state index in [1.165, 1.54) is 20.3 Å². The predicted octanol–water partition coefficient (Wildman–Crippen LogP) is 3.29. The summed E-state index contributed by atoms with van der Waals surface area (Å²) in [5.74, 6) is -1.84. The number of benzene rings is 2. The highest BCUT2D eigenvalue weighted by Gasteiger charge is 2.43. The normalized spacial score (nSPS) is 26.5. The Balaban J connectivity index is 1.22. The molecular weight excluding hydrogens is 492 g/mol. The lowest BCUT2D eigenvalue weighted by Gasteiger charge is -2.40. The number of hydrogen-bond donors (Lipinski definition) is 4. The number of nitrogens with zero attached hydrogens (tertiary/aromatic N) is 1. The monoisotopic (exact) mass is 529 g/mol. The molecule has 0 aromatic heterocycles. The van der Waals surface area contributed by atoms with E-state index >= 15 is 8.78 Å². The molecule has 3 fully saturated rings. The first-order valence-electron chi connectivity index (χ1n) is 13.2. The van der Waals surface area contributed by atoms with Gasteiger partial charge in [-0.15, -0.1) is 0 Å². The fourth-order valence-electron chi connectivity index (χ4n) is 6.14. The van der Waals surface area contributed by atoms with Crippen LogP contribution < -0.4 is 35.9 Å². The molecule has 10 heteroatoms. The molecule has 0 bridgehead atoms. The summed E-state index contributed by atoms with van der Waals surface area (Å²) < 4.78 is 40.4. The zero-order chi connectivity index (χ0) is 27.0. The number of rotatable bonds is 6. The van der Waals surface area contributed by atoms with E-state index in [-0.39, 0.29) is 52.6 Å². The minimum absolute atomic E-state index is 0.00176. The second kappa shape index (κ2) is 10.7. The van der Waals surface area contributed by atoms with Gasteiger partial charge < -0.3 is 25.0 Å². The van der Waals surface area contributed by atoms with Gasteiger partial charge in [-0.25, -0.2) is 14.2 Å². The van der Waals surface area contributed by atoms with Crippen LogP contribution in [0.5, 0.6) is 11.5 Å². The average Bonchev–Trinajstić information content (AvgIpc) is 3.30. The molecule has 4 unspecified atom stereocenters. The van der Waals surface area contributed by atoms with Gasteiger partial charge in [0.25, 0.3) is 5.91 Å². The Morgan fingerprint density at radius 3 is 2.37 bits per heavy atom. The van der Waals surface area contributed by atoms with Gasteiger partial charge in [-0.2, -0.15) is 0 Å². The number of nitrogens with one attached hydrogen (secondary N) is 4. The summed E-state index contributed by atoms with van der Waals surface area (Å²) in [5.41, 5.74) is 8.16. The highest BCUT2D eigenvalue weighted by atomic mass is 19.1. The number of methoxy groups -OCH3 is 2. The lowest BCUT2D eigenvalue weighted by atomic mass is 9.75. The zero-order valence-corrected chi connectivity index (χ0v) is 22.4. The molecule has 4 N–H and O–H groups in total. The van der Waals surface area contributed by atoms with Crippen molar-refractivity contribution in [2.24, 2.45) is 5.92 Å². The van der Waals surface area contributed by atoms with Crippen LogP contribution in [0.1, 0.15) is 54.9 Å². The topological polar surface area (TPSA) is 86.9 Å². The number of fused-ring (bicyclic) bond motifs is 1. The molecule has 1 amide bonds. The predicted molar refractivity (Wildman–Crippen MR) is 142 cm³/mol. The minimum Gasteiger partial charge on any atom is -0.494 e. The number of carbonyl (C=O) groups is 1. The Bertz CT molecular complexity index is 1150. The van der Waals surface area contributed by atoms with Crippen molar-refractivity contribution in [3.63, 3.8) is 0 Å². The molecule has 2 heterocycles. The highest BCUT2D eigenvalue weighted by Crippen LogP contribution is 2.44. The van der Waals surface area contributed by atoms with Crippen molar-refractivity contribution in [3.8, 4) is 11.5 Å². The second-order valence-electron chi connectivity index (χ2n) is 11.1. The summed E-state index contributed by atoms with van der Waals surface area (Å²) in [4.78, 5) is 15.4. The van der Waals surface area contributed by atoms with Gasteiger partial charge in [0, 0.05) is 60.0 Å². The van der Waals surface area contributed by atoms with Gasteiger partial charge in [-0.1, -0.05) is 0 Å². The second-order valence-corrected chi connectivity index (χ2v) is 11.1. The van der Waals surface area contributed by atoms with Gasteiger partial charge in [0.05, 0.1) is 20.4 Å². The van der Waals surface area contributed by atoms with E-state index in [1.807, 2.05) is 24.3 Å². The largest absolute Gasteiger partial charge is 0.494 e. The van der Waals surface area contributed by atoms with Crippen molar-refractivity contribution in [1.82, 2.24) is 21.5 Å². The molecule has 0 radical (unpaired) electrons. The third-order valence-corrected chi connectivity index (χ3v) is 8.12. The van der Waals surface area contributed by atoms with Gasteiger partial charge >= 0.3 is 0 Å². The van der Waals surface area contributed by atoms with Crippen molar-refractivity contribution in [2.45, 2.75) is 56.8 Å². The van der Waals surface area contributed by atoms with Gasteiger partial charge in [-0.3, -0.25) is 10.2 Å². The van der Waals surface area contributed by atoms with Crippen LogP contribution in [0, 0.1) is 17.6 Å². The lowest BCUT2D eigenvalue weighted by Crippen LogP contribution is -2.57. The first kappa shape index (κ1) is 26.6. The number of amides is 1. The van der Waals surface area contributed by atoms with E-state index in [0.29, 0.717) is 24.8 Å². The fourth-order valence-corrected chi connectivity index (χ4v) is 6.14. The van der Waals surface area contributed by atoms with Crippen LogP contribution in [0.2, 0.25) is 0 Å². The standard InChI is InChI=1S/C28H37F2N5O3/c1-28(2)15-35(12-11-31-28)18-8-5-16(6-9-18)27(36)32-26-19-10-7-17(13-20(19)33-34-26)23-24(29)21(37-3)14-22(38-4)25(23)30/h5-6,8-9,14,17,19-20,26,31,33-34H,7,10-13,15H2,1-4H3,(H,32,36). The quantitative estimate of drug-likeness (QED) is 0.457. The Kier molecular flexibility index (Phi) is 7.48. The average molecular weight is 530 g/mol. The zero-order valence-electron chi connectivity index (χ0n) is 22.4. The van der Waals surface area contributed by atoms with E-state index in [0.717, 1.165) is 25.3 Å². The first-order chi connectivity index (χ1) is 18.2. The number of anilines is 1. The number of halogens is 2. The summed E-state index contributed by atoms with van der Waals surface area (Å²) in [7, 11) is 2.71. The fraction of sp³-hybridized carbons (Fsp3) is 0.536. The third-order valence-electron chi connectivity index (χ3n) is 8.12. The van der Waals surface area contributed by atoms with Crippen molar-refractivity contribution in [3.05, 3.63) is 53.1 Å². The molecule has 4 atom stereocenters. The van der Waals surface area contributed by atoms with E-state index < -0.39 is 11.6 Å². The van der Waals surface area contributed by atoms with Crippen LogP contribution in [-0.4, -0.2) is 57.5 Å². The van der Waals surface area contributed by atoms with Gasteiger partial charge in [0.15, 0.2) is 23.1 Å². The van der Waals surface area contributed by atoms with E-state index in [2.05, 4.69) is 40.2 Å². The molecule has 2 aromatic carbocycles. The maximum absolute atomic E-state index is 15.1. The Hall–Kier alpha value is -2.95. The van der Waals surface area contributed by atoms with E-state index in [4.69, 9.17) is 9.47 Å². The van der Waals surface area contributed by atoms with Crippen LogP contribution in [0.3, 0.4) is 0 Å². The maximum atomic E-state index is 15.1. The SMILES string of the molecule is COc1cc(OC)c(F)c(C2CCC3C(C2)NNC3NC(=O)c2ccc(N3CCNC(C)(C)C3)cc2)c1F. The molecule has 8 nitrogen and oxygen atoms in total. The lowest BCUT2D eigenvalue weighted by molar-refractivity contribution is 0.0915. The maximum Gasteiger partial charge on any atom is 0.252 e. The van der Waals surface area contributed by atoms with Crippen LogP contribution in [0.25, 0.3) is 0 Å². The molecular formula is C28H37F2N5O3. The number of carbonyl (C=O) groups excluding carboxylic acids is 1. The van der Waals surface area contributed by atoms with Gasteiger partial charge in [-0.05, 0) is 63.3 Å². The van der Waals surface area contributed by atoms with Crippen LogP contribution in [-0.2, 0) is 0 Å². The van der Waals surface area contributed by atoms with Crippen LogP contribution in [0.15, 0.2) is 30.3 Å². The summed E-state index contributed by atoms with van der Waals surface area (Å²) in [6.07, 6.45) is 1.51. The van der Waals surface area contributed by atoms with E-state index in [9.17, 15) is 4.79 Å². The molecule has 0 spiro atoms. The summed E-state index contributed by atoms with van der Waals surface area (Å²) >= 11 is 0. The molecule has 38 heavy (non-hydrogen) atoms. The number of ether oxygens (including phenoxy) is 2. The summed E-state index contributed by atoms with van der Waals surface area (Å²) in [6, 6.07) is 8.90. The third kappa shape index (κ3) is 5.17. The van der Waals surface area contributed by atoms with Crippen LogP contribution in [0.4, 0.5) is 14.5 Å². The molecule has 206 valence electrons. The molecule has 2 saturated heterocycles. The number of piperazine rings is 1. The summed E-state index contributed by atoms with van der Waals surface area (Å²) in [5, 5.41) is 6.61. The smallest absolute Gasteiger partial charge is 0.252 e. The number of hydrogen-bond acceptors (Lipinski definition) is 7. The van der Waals surface area contributed by atoms with Crippen molar-refractivity contribution < 1.29 is 23.0 Å². The highest BCUT2D eigenvalue weighted by molar-refractivity contribution is 5.94. The molecule has 5 rings (SSSR count). The van der Waals surface area contributed by atoms with Crippen LogP contribution >= 0.6 is 0 Å². The molecule has 2 aliphatic heterocycles. The summed E-state index contributed by atoms with van der Waals surface area (Å²) in [6.45, 7) is 7.11. The van der Waals surface area contributed by atoms with Gasteiger partial charge in [0.1, 0.15) is 0 Å². The van der Waals surface area contributed by atoms with Crippen molar-refractivity contribution >= 4 is 11.6 Å². The number of hydrazine groups is 1. The van der Waals surface area contributed by atoms with Gasteiger partial charge in [0.2, 0.25) is 0 Å². The molecule has 3 aliphatic rings. The van der Waals surface area contributed by atoms with Crippen molar-refractivity contribution in [1.29, 1.82) is 0 Å². The van der Waals surface area contributed by atoms with E-state index in [1.54, 1.807) is 0 Å².